The SMILES string of the molecule is COC(=O)c1cccc(NC(=O)CS(C)(=O)=O)c1. The maximum Gasteiger partial charge on any atom is 0.337 e. The molecular formula is C11H13NO5S. The number of rotatable bonds is 4. The van der Waals surface area contributed by atoms with E-state index in [0.717, 1.165) is 6.26 Å². The van der Waals surface area contributed by atoms with Crippen LogP contribution in [0.25, 0.3) is 0 Å². The Kier molecular flexibility index (Phi) is 4.43. The summed E-state index contributed by atoms with van der Waals surface area (Å²) in [7, 11) is -2.13. The van der Waals surface area contributed by atoms with Crippen molar-refractivity contribution < 1.29 is 22.7 Å². The van der Waals surface area contributed by atoms with Gasteiger partial charge in [0.25, 0.3) is 0 Å². The Bertz CT molecular complexity index is 565. The molecule has 7 heteroatoms. The van der Waals surface area contributed by atoms with E-state index in [0.29, 0.717) is 5.69 Å². The monoisotopic (exact) mass is 271 g/mol. The first-order valence-electron chi connectivity index (χ1n) is 4.98. The highest BCUT2D eigenvalue weighted by molar-refractivity contribution is 7.91. The van der Waals surface area contributed by atoms with Crippen LogP contribution in [0.5, 0.6) is 0 Å². The van der Waals surface area contributed by atoms with E-state index in [-0.39, 0.29) is 5.56 Å². The lowest BCUT2D eigenvalue weighted by atomic mass is 10.2. The van der Waals surface area contributed by atoms with Crippen molar-refractivity contribution in [3.63, 3.8) is 0 Å². The van der Waals surface area contributed by atoms with Crippen LogP contribution in [0, 0.1) is 0 Å². The van der Waals surface area contributed by atoms with E-state index in [1.165, 1.54) is 19.2 Å². The highest BCUT2D eigenvalue weighted by Gasteiger charge is 2.12. The van der Waals surface area contributed by atoms with Crippen LogP contribution < -0.4 is 5.32 Å². The lowest BCUT2D eigenvalue weighted by Crippen LogP contribution is -2.22. The van der Waals surface area contributed by atoms with Gasteiger partial charge in [-0.3, -0.25) is 4.79 Å². The zero-order valence-electron chi connectivity index (χ0n) is 9.97. The maximum absolute atomic E-state index is 11.4. The third-order valence-electron chi connectivity index (χ3n) is 1.96. The summed E-state index contributed by atoms with van der Waals surface area (Å²) in [6, 6.07) is 6.04. The van der Waals surface area contributed by atoms with E-state index in [1.807, 2.05) is 0 Å². The molecule has 0 atom stereocenters. The number of esters is 1. The second-order valence-electron chi connectivity index (χ2n) is 3.69. The molecule has 0 unspecified atom stereocenters. The molecule has 6 nitrogen and oxygen atoms in total. The molecule has 0 bridgehead atoms. The number of amides is 1. The first-order valence-corrected chi connectivity index (χ1v) is 7.04. The van der Waals surface area contributed by atoms with Crippen molar-refractivity contribution in [2.24, 2.45) is 0 Å². The van der Waals surface area contributed by atoms with Crippen LogP contribution in [0.4, 0.5) is 5.69 Å². The van der Waals surface area contributed by atoms with Crippen molar-refractivity contribution in [1.29, 1.82) is 0 Å². The Morgan fingerprint density at radius 1 is 1.33 bits per heavy atom. The van der Waals surface area contributed by atoms with Gasteiger partial charge in [0.05, 0.1) is 12.7 Å². The molecule has 0 aliphatic rings. The van der Waals surface area contributed by atoms with E-state index in [9.17, 15) is 18.0 Å². The number of sulfone groups is 1. The predicted molar refractivity (Wildman–Crippen MR) is 66.1 cm³/mol. The number of benzene rings is 1. The zero-order valence-corrected chi connectivity index (χ0v) is 10.8. The van der Waals surface area contributed by atoms with Crippen LogP contribution >= 0.6 is 0 Å². The molecule has 1 rings (SSSR count). The summed E-state index contributed by atoms with van der Waals surface area (Å²) in [5.41, 5.74) is 0.612. The Morgan fingerprint density at radius 2 is 2.00 bits per heavy atom. The molecule has 0 saturated carbocycles. The summed E-state index contributed by atoms with van der Waals surface area (Å²) in [5.74, 6) is -1.79. The summed E-state index contributed by atoms with van der Waals surface area (Å²) in [6.07, 6.45) is 0.970. The predicted octanol–water partition coefficient (Wildman–Crippen LogP) is 0.456. The number of ether oxygens (including phenoxy) is 1. The molecule has 0 heterocycles. The van der Waals surface area contributed by atoms with Crippen molar-refractivity contribution in [2.75, 3.05) is 24.4 Å². The number of anilines is 1. The Balaban J connectivity index is 2.80. The lowest BCUT2D eigenvalue weighted by molar-refractivity contribution is -0.113. The third kappa shape index (κ3) is 4.54. The molecule has 0 saturated heterocycles. The van der Waals surface area contributed by atoms with E-state index >= 15 is 0 Å². The number of hydrogen-bond donors (Lipinski definition) is 1. The summed E-state index contributed by atoms with van der Waals surface area (Å²) in [4.78, 5) is 22.6. The van der Waals surface area contributed by atoms with E-state index in [1.54, 1.807) is 12.1 Å². The molecule has 0 radical (unpaired) electrons. The van der Waals surface area contributed by atoms with Gasteiger partial charge in [-0.05, 0) is 18.2 Å². The van der Waals surface area contributed by atoms with Crippen molar-refractivity contribution in [2.45, 2.75) is 0 Å². The van der Waals surface area contributed by atoms with Crippen LogP contribution in [0.1, 0.15) is 10.4 Å². The van der Waals surface area contributed by atoms with Gasteiger partial charge in [-0.1, -0.05) is 6.07 Å². The lowest BCUT2D eigenvalue weighted by Gasteiger charge is -2.06. The molecule has 1 N–H and O–H groups in total. The van der Waals surface area contributed by atoms with Crippen molar-refractivity contribution in [1.82, 2.24) is 0 Å². The van der Waals surface area contributed by atoms with Crippen LogP contribution in [0.3, 0.4) is 0 Å². The van der Waals surface area contributed by atoms with Crippen molar-refractivity contribution in [3.8, 4) is 0 Å². The molecule has 0 fully saturated rings. The number of carbonyl (C=O) groups excluding carboxylic acids is 2. The van der Waals surface area contributed by atoms with E-state index < -0.39 is 27.5 Å². The minimum Gasteiger partial charge on any atom is -0.465 e. The van der Waals surface area contributed by atoms with Gasteiger partial charge >= 0.3 is 5.97 Å². The van der Waals surface area contributed by atoms with Gasteiger partial charge in [0, 0.05) is 11.9 Å². The zero-order chi connectivity index (χ0) is 13.8. The topological polar surface area (TPSA) is 89.5 Å². The number of hydrogen-bond acceptors (Lipinski definition) is 5. The highest BCUT2D eigenvalue weighted by Crippen LogP contribution is 2.11. The molecule has 18 heavy (non-hydrogen) atoms. The standard InChI is InChI=1S/C11H13NO5S/c1-17-11(14)8-4-3-5-9(6-8)12-10(13)7-18(2,15)16/h3-6H,7H2,1-2H3,(H,12,13). The van der Waals surface area contributed by atoms with Gasteiger partial charge in [0.1, 0.15) is 5.75 Å². The largest absolute Gasteiger partial charge is 0.465 e. The van der Waals surface area contributed by atoms with Gasteiger partial charge in [-0.2, -0.15) is 0 Å². The first kappa shape index (κ1) is 14.2. The van der Waals surface area contributed by atoms with Crippen LogP contribution in [0.2, 0.25) is 0 Å². The van der Waals surface area contributed by atoms with Gasteiger partial charge in [0.2, 0.25) is 5.91 Å². The molecule has 0 spiro atoms. The molecule has 0 aromatic heterocycles. The van der Waals surface area contributed by atoms with E-state index in [4.69, 9.17) is 0 Å². The fourth-order valence-corrected chi connectivity index (χ4v) is 1.83. The molecular weight excluding hydrogens is 258 g/mol. The Morgan fingerprint density at radius 3 is 2.56 bits per heavy atom. The molecule has 0 aliphatic carbocycles. The van der Waals surface area contributed by atoms with Gasteiger partial charge in [0.15, 0.2) is 9.84 Å². The van der Waals surface area contributed by atoms with E-state index in [2.05, 4.69) is 10.1 Å². The minimum atomic E-state index is -3.38. The Labute approximate surface area is 105 Å². The number of nitrogens with one attached hydrogen (secondary N) is 1. The van der Waals surface area contributed by atoms with Crippen molar-refractivity contribution >= 4 is 27.4 Å². The molecule has 1 amide bonds. The first-order chi connectivity index (χ1) is 8.31. The van der Waals surface area contributed by atoms with Gasteiger partial charge in [-0.25, -0.2) is 13.2 Å². The average Bonchev–Trinajstić information content (AvgIpc) is 2.25. The molecule has 98 valence electrons. The Hall–Kier alpha value is -1.89. The second-order valence-corrected chi connectivity index (χ2v) is 5.83. The normalized spacial score (nSPS) is 10.8. The van der Waals surface area contributed by atoms with Gasteiger partial charge in [-0.15, -0.1) is 0 Å². The summed E-state index contributed by atoms with van der Waals surface area (Å²) in [6.45, 7) is 0. The van der Waals surface area contributed by atoms with Gasteiger partial charge < -0.3 is 10.1 Å². The molecule has 1 aromatic carbocycles. The quantitative estimate of drug-likeness (QED) is 0.803. The highest BCUT2D eigenvalue weighted by atomic mass is 32.2. The summed E-state index contributed by atoms with van der Waals surface area (Å²) >= 11 is 0. The van der Waals surface area contributed by atoms with Crippen LogP contribution in [-0.2, 0) is 19.4 Å². The average molecular weight is 271 g/mol. The minimum absolute atomic E-state index is 0.273. The second kappa shape index (κ2) is 5.63. The van der Waals surface area contributed by atoms with Crippen LogP contribution in [-0.4, -0.2) is 39.4 Å². The van der Waals surface area contributed by atoms with Crippen LogP contribution in [0.15, 0.2) is 24.3 Å². The number of carbonyl (C=O) groups is 2. The molecule has 1 aromatic rings. The summed E-state index contributed by atoms with van der Waals surface area (Å²) in [5, 5.41) is 2.39. The third-order valence-corrected chi connectivity index (χ3v) is 2.75. The smallest absolute Gasteiger partial charge is 0.337 e. The fraction of sp³-hybridized carbons (Fsp3) is 0.273. The summed E-state index contributed by atoms with van der Waals surface area (Å²) < 4.78 is 26.4. The molecule has 0 aliphatic heterocycles. The fourth-order valence-electron chi connectivity index (χ4n) is 1.28. The van der Waals surface area contributed by atoms with Crippen molar-refractivity contribution in [3.05, 3.63) is 29.8 Å². The maximum atomic E-state index is 11.4. The number of methoxy groups -OCH3 is 1.